The number of furan rings is 1. The van der Waals surface area contributed by atoms with Crippen LogP contribution < -0.4 is 10.1 Å². The van der Waals surface area contributed by atoms with Crippen LogP contribution in [-0.4, -0.2) is 15.7 Å². The van der Waals surface area contributed by atoms with Crippen molar-refractivity contribution in [2.24, 2.45) is 0 Å². The fraction of sp³-hybridized carbons (Fsp3) is 0.130. The summed E-state index contributed by atoms with van der Waals surface area (Å²) in [6.45, 7) is 2.78. The van der Waals surface area contributed by atoms with E-state index in [4.69, 9.17) is 9.15 Å². The van der Waals surface area contributed by atoms with Crippen molar-refractivity contribution in [3.8, 4) is 5.75 Å². The molecule has 0 radical (unpaired) electrons. The molecule has 152 valence electrons. The summed E-state index contributed by atoms with van der Waals surface area (Å²) < 4.78 is 25.7. The van der Waals surface area contributed by atoms with Crippen LogP contribution in [0.1, 0.15) is 27.4 Å². The second-order valence-electron chi connectivity index (χ2n) is 6.85. The molecule has 0 bridgehead atoms. The Bertz CT molecular complexity index is 1130. The third-order valence-corrected chi connectivity index (χ3v) is 4.43. The predicted molar refractivity (Wildman–Crippen MR) is 110 cm³/mol. The number of nitrogens with one attached hydrogen (secondary N) is 1. The summed E-state index contributed by atoms with van der Waals surface area (Å²) in [6, 6.07) is 18.8. The molecular formula is C23H20FN3O3. The number of nitrogens with zero attached hydrogens (tertiary/aromatic N) is 2. The quantitative estimate of drug-likeness (QED) is 0.479. The number of halogens is 1. The van der Waals surface area contributed by atoms with E-state index in [1.807, 2.05) is 19.1 Å². The molecule has 2 heterocycles. The van der Waals surface area contributed by atoms with Crippen LogP contribution in [0.3, 0.4) is 0 Å². The molecule has 1 amide bonds. The van der Waals surface area contributed by atoms with Gasteiger partial charge in [-0.15, -0.1) is 0 Å². The Kier molecular flexibility index (Phi) is 5.61. The number of benzene rings is 2. The molecule has 2 aromatic heterocycles. The normalized spacial score (nSPS) is 10.7. The van der Waals surface area contributed by atoms with E-state index >= 15 is 0 Å². The number of hydrogen-bond donors (Lipinski definition) is 1. The van der Waals surface area contributed by atoms with E-state index < -0.39 is 5.91 Å². The number of amides is 1. The van der Waals surface area contributed by atoms with Crippen LogP contribution in [0.15, 0.2) is 77.3 Å². The van der Waals surface area contributed by atoms with Crippen LogP contribution in [0.5, 0.6) is 5.75 Å². The number of hydrogen-bond acceptors (Lipinski definition) is 4. The lowest BCUT2D eigenvalue weighted by Gasteiger charge is -2.04. The summed E-state index contributed by atoms with van der Waals surface area (Å²) in [6.07, 6.45) is 1.81. The van der Waals surface area contributed by atoms with Gasteiger partial charge in [0.15, 0.2) is 11.6 Å². The highest BCUT2D eigenvalue weighted by atomic mass is 19.1. The number of carbonyl (C=O) groups is 1. The Hall–Kier alpha value is -3.87. The van der Waals surface area contributed by atoms with Gasteiger partial charge in [-0.2, -0.15) is 5.10 Å². The van der Waals surface area contributed by atoms with E-state index in [0.29, 0.717) is 23.9 Å². The summed E-state index contributed by atoms with van der Waals surface area (Å²) >= 11 is 0. The van der Waals surface area contributed by atoms with Crippen molar-refractivity contribution in [2.45, 2.75) is 20.1 Å². The molecule has 7 heteroatoms. The van der Waals surface area contributed by atoms with E-state index in [2.05, 4.69) is 22.5 Å². The Labute approximate surface area is 172 Å². The van der Waals surface area contributed by atoms with Crippen LogP contribution >= 0.6 is 0 Å². The zero-order chi connectivity index (χ0) is 20.9. The van der Waals surface area contributed by atoms with E-state index in [1.54, 1.807) is 29.1 Å². The lowest BCUT2D eigenvalue weighted by atomic mass is 10.1. The van der Waals surface area contributed by atoms with Gasteiger partial charge >= 0.3 is 0 Å². The molecule has 1 N–H and O–H groups in total. The van der Waals surface area contributed by atoms with Crippen LogP contribution in [0.2, 0.25) is 0 Å². The molecule has 0 unspecified atom stereocenters. The maximum atomic E-state index is 12.9. The third-order valence-electron chi connectivity index (χ3n) is 4.43. The molecule has 30 heavy (non-hydrogen) atoms. The summed E-state index contributed by atoms with van der Waals surface area (Å²) in [4.78, 5) is 12.4. The van der Waals surface area contributed by atoms with Crippen molar-refractivity contribution < 1.29 is 18.3 Å². The van der Waals surface area contributed by atoms with Crippen molar-refractivity contribution in [2.75, 3.05) is 5.32 Å². The molecule has 4 rings (SSSR count). The lowest BCUT2D eigenvalue weighted by molar-refractivity contribution is 0.0992. The fourth-order valence-electron chi connectivity index (χ4n) is 2.84. The van der Waals surface area contributed by atoms with Gasteiger partial charge in [-0.05, 0) is 48.9 Å². The smallest absolute Gasteiger partial charge is 0.292 e. The van der Waals surface area contributed by atoms with Crippen LogP contribution in [0.4, 0.5) is 10.2 Å². The first-order chi connectivity index (χ1) is 14.5. The summed E-state index contributed by atoms with van der Waals surface area (Å²) in [7, 11) is 0. The van der Waals surface area contributed by atoms with Crippen molar-refractivity contribution in [3.63, 3.8) is 0 Å². The number of aryl methyl sites for hydroxylation is 1. The molecule has 2 aromatic carbocycles. The van der Waals surface area contributed by atoms with Gasteiger partial charge < -0.3 is 14.5 Å². The molecule has 4 aromatic rings. The SMILES string of the molecule is Cc1ccc(Cn2ccc(NC(=O)c3ccc(COc4ccc(F)cc4)o3)n2)cc1. The standard InChI is InChI=1S/C23H20FN3O3/c1-16-2-4-17(5-3-16)14-27-13-12-22(26-27)25-23(28)21-11-10-20(30-21)15-29-19-8-6-18(24)7-9-19/h2-13H,14-15H2,1H3,(H,25,26,28). The first-order valence-corrected chi connectivity index (χ1v) is 9.42. The number of anilines is 1. The van der Waals surface area contributed by atoms with Crippen molar-refractivity contribution in [1.29, 1.82) is 0 Å². The van der Waals surface area contributed by atoms with Gasteiger partial charge in [0, 0.05) is 12.3 Å². The maximum Gasteiger partial charge on any atom is 0.292 e. The minimum atomic E-state index is -0.399. The fourth-order valence-corrected chi connectivity index (χ4v) is 2.84. The second kappa shape index (κ2) is 8.65. The van der Waals surface area contributed by atoms with Crippen LogP contribution in [0, 0.1) is 12.7 Å². The zero-order valence-electron chi connectivity index (χ0n) is 16.3. The van der Waals surface area contributed by atoms with Crippen molar-refractivity contribution in [3.05, 3.63) is 101 Å². The minimum Gasteiger partial charge on any atom is -0.486 e. The third kappa shape index (κ3) is 4.94. The Balaban J connectivity index is 1.32. The number of carbonyl (C=O) groups excluding carboxylic acids is 1. The first-order valence-electron chi connectivity index (χ1n) is 9.42. The summed E-state index contributed by atoms with van der Waals surface area (Å²) in [5.41, 5.74) is 2.33. The zero-order valence-corrected chi connectivity index (χ0v) is 16.3. The van der Waals surface area contributed by atoms with Gasteiger partial charge in [-0.25, -0.2) is 4.39 Å². The Morgan fingerprint density at radius 2 is 1.83 bits per heavy atom. The average Bonchev–Trinajstić information content (AvgIpc) is 3.39. The van der Waals surface area contributed by atoms with E-state index in [0.717, 1.165) is 5.56 Å². The predicted octanol–water partition coefficient (Wildman–Crippen LogP) is 4.80. The molecule has 0 fully saturated rings. The highest BCUT2D eigenvalue weighted by molar-refractivity contribution is 6.01. The topological polar surface area (TPSA) is 69.3 Å². The number of ether oxygens (including phenoxy) is 1. The molecule has 0 spiro atoms. The Morgan fingerprint density at radius 3 is 2.60 bits per heavy atom. The van der Waals surface area contributed by atoms with E-state index in [-0.39, 0.29) is 18.2 Å². The van der Waals surface area contributed by atoms with Gasteiger partial charge in [-0.1, -0.05) is 29.8 Å². The second-order valence-corrected chi connectivity index (χ2v) is 6.85. The molecule has 0 aliphatic carbocycles. The number of aromatic nitrogens is 2. The van der Waals surface area contributed by atoms with Gasteiger partial charge in [-0.3, -0.25) is 9.48 Å². The molecule has 0 atom stereocenters. The first kappa shape index (κ1) is 19.4. The van der Waals surface area contributed by atoms with Gasteiger partial charge in [0.1, 0.15) is 23.9 Å². The monoisotopic (exact) mass is 405 g/mol. The van der Waals surface area contributed by atoms with E-state index in [1.165, 1.54) is 29.8 Å². The van der Waals surface area contributed by atoms with Gasteiger partial charge in [0.25, 0.3) is 5.91 Å². The highest BCUT2D eigenvalue weighted by Gasteiger charge is 2.13. The largest absolute Gasteiger partial charge is 0.486 e. The van der Waals surface area contributed by atoms with Crippen LogP contribution in [0.25, 0.3) is 0 Å². The average molecular weight is 405 g/mol. The van der Waals surface area contributed by atoms with Gasteiger partial charge in [0.05, 0.1) is 6.54 Å². The van der Waals surface area contributed by atoms with Crippen molar-refractivity contribution >= 4 is 11.7 Å². The van der Waals surface area contributed by atoms with E-state index in [9.17, 15) is 9.18 Å². The minimum absolute atomic E-state index is 0.129. The molecule has 6 nitrogen and oxygen atoms in total. The van der Waals surface area contributed by atoms with Crippen LogP contribution in [-0.2, 0) is 13.2 Å². The lowest BCUT2D eigenvalue weighted by Crippen LogP contribution is -2.12. The van der Waals surface area contributed by atoms with Crippen molar-refractivity contribution in [1.82, 2.24) is 9.78 Å². The molecule has 0 saturated heterocycles. The molecule has 0 aliphatic rings. The van der Waals surface area contributed by atoms with Gasteiger partial charge in [0.2, 0.25) is 0 Å². The molecule has 0 aliphatic heterocycles. The maximum absolute atomic E-state index is 12.9. The number of rotatable bonds is 7. The molecule has 0 saturated carbocycles. The Morgan fingerprint density at radius 1 is 1.07 bits per heavy atom. The summed E-state index contributed by atoms with van der Waals surface area (Å²) in [5, 5.41) is 7.09. The summed E-state index contributed by atoms with van der Waals surface area (Å²) in [5.74, 6) is 0.852. The highest BCUT2D eigenvalue weighted by Crippen LogP contribution is 2.16. The molecular weight excluding hydrogens is 385 g/mol.